The van der Waals surface area contributed by atoms with Crippen molar-refractivity contribution in [2.24, 2.45) is 0 Å². The van der Waals surface area contributed by atoms with Crippen LogP contribution in [0.25, 0.3) is 0 Å². The molecule has 0 amide bonds. The average molecular weight is 284 g/mol. The van der Waals surface area contributed by atoms with Crippen molar-refractivity contribution in [1.29, 1.82) is 0 Å². The van der Waals surface area contributed by atoms with Gasteiger partial charge in [-0.3, -0.25) is 0 Å². The second-order valence-corrected chi connectivity index (χ2v) is 5.38. The fourth-order valence-corrected chi connectivity index (χ4v) is 2.82. The Kier molecular flexibility index (Phi) is 3.08. The lowest BCUT2D eigenvalue weighted by Gasteiger charge is -2.21. The van der Waals surface area contributed by atoms with Crippen LogP contribution in [-0.2, 0) is 0 Å². The number of fused-ring (bicyclic) bond motifs is 1. The summed E-state index contributed by atoms with van der Waals surface area (Å²) in [5.41, 5.74) is 5.82. The zero-order valence-corrected chi connectivity index (χ0v) is 12.4. The third-order valence-electron chi connectivity index (χ3n) is 3.93. The Morgan fingerprint density at radius 3 is 1.82 bits per heavy atom. The van der Waals surface area contributed by atoms with Gasteiger partial charge in [0.15, 0.2) is 0 Å². The van der Waals surface area contributed by atoms with Crippen LogP contribution in [0.15, 0.2) is 78.9 Å². The van der Waals surface area contributed by atoms with Crippen LogP contribution in [0, 0.1) is 13.6 Å². The molecule has 106 valence electrons. The van der Waals surface area contributed by atoms with Crippen molar-refractivity contribution in [3.63, 3.8) is 0 Å². The van der Waals surface area contributed by atoms with E-state index in [4.69, 9.17) is 0 Å². The molecule has 0 unspecified atom stereocenters. The molecule has 1 heterocycles. The lowest BCUT2D eigenvalue weighted by atomic mass is 10.1. The highest BCUT2D eigenvalue weighted by atomic mass is 15.4. The van der Waals surface area contributed by atoms with Gasteiger partial charge in [-0.15, -0.1) is 0 Å². The number of hydrogen-bond donors (Lipinski definition) is 0. The van der Waals surface area contributed by atoms with Crippen molar-refractivity contribution in [3.05, 3.63) is 91.1 Å². The van der Waals surface area contributed by atoms with E-state index in [2.05, 4.69) is 96.2 Å². The Morgan fingerprint density at radius 1 is 0.591 bits per heavy atom. The van der Waals surface area contributed by atoms with E-state index >= 15 is 0 Å². The zero-order valence-electron chi connectivity index (χ0n) is 12.4. The smallest absolute Gasteiger partial charge is 0.218 e. The first kappa shape index (κ1) is 13.0. The van der Waals surface area contributed by atoms with Crippen LogP contribution in [-0.4, -0.2) is 0 Å². The van der Waals surface area contributed by atoms with Crippen molar-refractivity contribution < 1.29 is 0 Å². The minimum absolute atomic E-state index is 1.12. The molecule has 0 fully saturated rings. The minimum atomic E-state index is 1.12. The van der Waals surface area contributed by atoms with Crippen LogP contribution in [0.2, 0.25) is 0 Å². The molecule has 1 aliphatic heterocycles. The molecule has 0 bridgehead atoms. The number of nitrogens with zero attached hydrogens (tertiary/aromatic N) is 2. The number of aryl methyl sites for hydroxylation is 1. The Bertz CT molecular complexity index is 796. The first-order chi connectivity index (χ1) is 10.8. The van der Waals surface area contributed by atoms with Gasteiger partial charge in [0, 0.05) is 11.4 Å². The standard InChI is InChI=1S/C20H16N2/c1-16-9-5-6-12-18(16)22-15-21(17-10-3-2-4-11-17)19-13-7-8-14-20(19)22/h2-14H,1H3. The predicted octanol–water partition coefficient (Wildman–Crippen LogP) is 5.28. The molecule has 0 N–H and O–H groups in total. The molecule has 22 heavy (non-hydrogen) atoms. The molecule has 3 aromatic carbocycles. The number of para-hydroxylation sites is 4. The number of benzene rings is 3. The van der Waals surface area contributed by atoms with Crippen LogP contribution in [0.4, 0.5) is 22.7 Å². The molecule has 0 atom stereocenters. The quantitative estimate of drug-likeness (QED) is 0.631. The lowest BCUT2D eigenvalue weighted by Crippen LogP contribution is -2.18. The molecule has 0 aliphatic carbocycles. The van der Waals surface area contributed by atoms with E-state index in [9.17, 15) is 0 Å². The van der Waals surface area contributed by atoms with Gasteiger partial charge < -0.3 is 9.80 Å². The summed E-state index contributed by atoms with van der Waals surface area (Å²) < 4.78 is 0. The lowest BCUT2D eigenvalue weighted by molar-refractivity contribution is 1.12. The van der Waals surface area contributed by atoms with Gasteiger partial charge in [0.05, 0.1) is 11.4 Å². The Balaban J connectivity index is 1.83. The third-order valence-corrected chi connectivity index (χ3v) is 3.93. The van der Waals surface area contributed by atoms with Crippen molar-refractivity contribution in [3.8, 4) is 0 Å². The first-order valence-electron chi connectivity index (χ1n) is 7.41. The maximum atomic E-state index is 3.50. The minimum Gasteiger partial charge on any atom is -0.308 e. The van der Waals surface area contributed by atoms with Gasteiger partial charge in [-0.25, -0.2) is 0 Å². The molecule has 0 saturated carbocycles. The zero-order chi connectivity index (χ0) is 14.9. The normalized spacial score (nSPS) is 13.3. The summed E-state index contributed by atoms with van der Waals surface area (Å²) in [6.45, 7) is 5.63. The maximum Gasteiger partial charge on any atom is 0.218 e. The second kappa shape index (κ2) is 5.23. The molecular formula is C20H16N2. The van der Waals surface area contributed by atoms with Crippen LogP contribution >= 0.6 is 0 Å². The molecule has 0 spiro atoms. The molecule has 2 heteroatoms. The van der Waals surface area contributed by atoms with E-state index in [1.807, 2.05) is 6.07 Å². The van der Waals surface area contributed by atoms with Crippen molar-refractivity contribution in [2.45, 2.75) is 6.92 Å². The van der Waals surface area contributed by atoms with Gasteiger partial charge in [0.25, 0.3) is 0 Å². The van der Waals surface area contributed by atoms with Crippen LogP contribution < -0.4 is 9.80 Å². The molecule has 4 rings (SSSR count). The molecule has 2 nitrogen and oxygen atoms in total. The van der Waals surface area contributed by atoms with E-state index < -0.39 is 0 Å². The molecule has 3 aromatic rings. The van der Waals surface area contributed by atoms with Crippen molar-refractivity contribution >= 4 is 22.7 Å². The van der Waals surface area contributed by atoms with Crippen molar-refractivity contribution in [2.75, 3.05) is 9.80 Å². The highest BCUT2D eigenvalue weighted by Gasteiger charge is 2.29. The van der Waals surface area contributed by atoms with Gasteiger partial charge in [-0.05, 0) is 42.8 Å². The summed E-state index contributed by atoms with van der Waals surface area (Å²) in [4.78, 5) is 4.25. The number of anilines is 4. The van der Waals surface area contributed by atoms with Gasteiger partial charge in [-0.1, -0.05) is 48.5 Å². The van der Waals surface area contributed by atoms with E-state index in [-0.39, 0.29) is 0 Å². The highest BCUT2D eigenvalue weighted by Crippen LogP contribution is 2.46. The summed E-state index contributed by atoms with van der Waals surface area (Å²) in [5.74, 6) is 0. The Morgan fingerprint density at radius 2 is 1.14 bits per heavy atom. The summed E-state index contributed by atoms with van der Waals surface area (Å²) in [6.07, 6.45) is 0. The molecule has 2 radical (unpaired) electrons. The fourth-order valence-electron chi connectivity index (χ4n) is 2.82. The Labute approximate surface area is 131 Å². The SMILES string of the molecule is Cc1ccccc1N1[C]N(c2ccccc2)c2ccccc21. The summed E-state index contributed by atoms with van der Waals surface area (Å²) >= 11 is 0. The van der Waals surface area contributed by atoms with Crippen molar-refractivity contribution in [1.82, 2.24) is 0 Å². The highest BCUT2D eigenvalue weighted by molar-refractivity contribution is 5.89. The molecular weight excluding hydrogens is 268 g/mol. The van der Waals surface area contributed by atoms with E-state index in [0.29, 0.717) is 0 Å². The third kappa shape index (κ3) is 2.04. The molecule has 0 aromatic heterocycles. The largest absolute Gasteiger partial charge is 0.308 e. The van der Waals surface area contributed by atoms with Gasteiger partial charge in [0.1, 0.15) is 0 Å². The summed E-state index contributed by atoms with van der Waals surface area (Å²) in [7, 11) is 0. The number of rotatable bonds is 2. The van der Waals surface area contributed by atoms with E-state index in [1.165, 1.54) is 5.56 Å². The van der Waals surface area contributed by atoms with Crippen LogP contribution in [0.5, 0.6) is 0 Å². The fraction of sp³-hybridized carbons (Fsp3) is 0.0500. The van der Waals surface area contributed by atoms with Gasteiger partial charge in [-0.2, -0.15) is 0 Å². The summed E-state index contributed by atoms with van der Waals surface area (Å²) in [6, 6.07) is 27.1. The molecule has 0 saturated heterocycles. The number of hydrogen-bond acceptors (Lipinski definition) is 2. The predicted molar refractivity (Wildman–Crippen MR) is 91.6 cm³/mol. The first-order valence-corrected chi connectivity index (χ1v) is 7.41. The van der Waals surface area contributed by atoms with E-state index in [1.54, 1.807) is 0 Å². The maximum absolute atomic E-state index is 3.50. The van der Waals surface area contributed by atoms with Gasteiger partial charge >= 0.3 is 0 Å². The topological polar surface area (TPSA) is 6.48 Å². The molecule has 1 aliphatic rings. The second-order valence-electron chi connectivity index (χ2n) is 5.38. The Hall–Kier alpha value is -2.74. The summed E-state index contributed by atoms with van der Waals surface area (Å²) in [5, 5.41) is 0. The van der Waals surface area contributed by atoms with Crippen LogP contribution in [0.3, 0.4) is 0 Å². The monoisotopic (exact) mass is 284 g/mol. The van der Waals surface area contributed by atoms with Gasteiger partial charge in [0.2, 0.25) is 6.67 Å². The van der Waals surface area contributed by atoms with Crippen LogP contribution in [0.1, 0.15) is 5.56 Å². The van der Waals surface area contributed by atoms with E-state index in [0.717, 1.165) is 22.7 Å². The average Bonchev–Trinajstić information content (AvgIpc) is 2.96.